The fraction of sp³-hybridized carbons (Fsp3) is 0. The van der Waals surface area contributed by atoms with Crippen LogP contribution in [0.25, 0.3) is 115 Å². The summed E-state index contributed by atoms with van der Waals surface area (Å²) < 4.78 is 7.47. The molecule has 0 unspecified atom stereocenters. The van der Waals surface area contributed by atoms with E-state index in [0.717, 1.165) is 17.1 Å². The Morgan fingerprint density at radius 1 is 0.254 bits per heavy atom. The summed E-state index contributed by atoms with van der Waals surface area (Å²) in [6.07, 6.45) is 0. The van der Waals surface area contributed by atoms with Gasteiger partial charge in [-0.2, -0.15) is 0 Å². The van der Waals surface area contributed by atoms with Gasteiger partial charge in [-0.15, -0.1) is 0 Å². The molecule has 0 fully saturated rings. The van der Waals surface area contributed by atoms with E-state index in [9.17, 15) is 0 Å². The average molecular weight is 750 g/mol. The Labute approximate surface area is 339 Å². The predicted octanol–water partition coefficient (Wildman–Crippen LogP) is 15.0. The van der Waals surface area contributed by atoms with Crippen molar-refractivity contribution < 1.29 is 0 Å². The van der Waals surface area contributed by atoms with Crippen molar-refractivity contribution >= 4 is 87.0 Å². The molecule has 0 saturated heterocycles. The number of nitrogens with zero attached hydrogens (tertiary/aromatic N) is 3. The van der Waals surface area contributed by atoms with Crippen molar-refractivity contribution in [3.8, 4) is 28.2 Å². The van der Waals surface area contributed by atoms with E-state index in [1.54, 1.807) is 0 Å². The van der Waals surface area contributed by atoms with Crippen LogP contribution in [0.15, 0.2) is 212 Å². The lowest BCUT2D eigenvalue weighted by Gasteiger charge is -2.14. The summed E-state index contributed by atoms with van der Waals surface area (Å²) in [4.78, 5) is 0. The van der Waals surface area contributed by atoms with E-state index < -0.39 is 0 Å². The molecule has 0 aliphatic carbocycles. The lowest BCUT2D eigenvalue weighted by atomic mass is 9.96. The molecule has 0 radical (unpaired) electrons. The Kier molecular flexibility index (Phi) is 6.72. The van der Waals surface area contributed by atoms with Gasteiger partial charge in [-0.25, -0.2) is 0 Å². The van der Waals surface area contributed by atoms with E-state index in [1.807, 2.05) is 0 Å². The van der Waals surface area contributed by atoms with Crippen molar-refractivity contribution in [2.24, 2.45) is 0 Å². The maximum Gasteiger partial charge on any atom is 0.0627 e. The minimum atomic E-state index is 1.15. The summed E-state index contributed by atoms with van der Waals surface area (Å²) in [6.45, 7) is 0. The molecule has 0 atom stereocenters. The van der Waals surface area contributed by atoms with Crippen molar-refractivity contribution in [3.63, 3.8) is 0 Å². The zero-order valence-corrected chi connectivity index (χ0v) is 32.0. The first-order chi connectivity index (χ1) is 29.3. The van der Waals surface area contributed by atoms with E-state index in [-0.39, 0.29) is 0 Å². The first kappa shape index (κ1) is 32.2. The molecule has 0 saturated carbocycles. The van der Waals surface area contributed by atoms with Gasteiger partial charge >= 0.3 is 0 Å². The molecule has 0 spiro atoms. The lowest BCUT2D eigenvalue weighted by molar-refractivity contribution is 1.18. The number of fused-ring (bicyclic) bond motifs is 15. The minimum Gasteiger partial charge on any atom is -0.309 e. The molecule has 0 aliphatic heterocycles. The Bertz CT molecular complexity index is 3810. The Morgan fingerprint density at radius 3 is 1.37 bits per heavy atom. The highest BCUT2D eigenvalue weighted by Gasteiger charge is 2.25. The van der Waals surface area contributed by atoms with Crippen LogP contribution in [0.2, 0.25) is 0 Å². The van der Waals surface area contributed by atoms with Gasteiger partial charge < -0.3 is 13.7 Å². The summed E-state index contributed by atoms with van der Waals surface area (Å²) in [5.74, 6) is 0. The molecular formula is C56H35N3. The molecule has 10 aromatic carbocycles. The van der Waals surface area contributed by atoms with Crippen molar-refractivity contribution in [1.29, 1.82) is 0 Å². The van der Waals surface area contributed by atoms with Gasteiger partial charge in [0.25, 0.3) is 0 Å². The van der Waals surface area contributed by atoms with Gasteiger partial charge in [0.1, 0.15) is 0 Å². The second-order valence-corrected chi connectivity index (χ2v) is 15.6. The number of benzene rings is 10. The molecule has 3 aromatic heterocycles. The van der Waals surface area contributed by atoms with Crippen molar-refractivity contribution in [3.05, 3.63) is 212 Å². The van der Waals surface area contributed by atoms with Gasteiger partial charge in [0.15, 0.2) is 0 Å². The van der Waals surface area contributed by atoms with E-state index in [1.165, 1.54) is 98.1 Å². The van der Waals surface area contributed by atoms with E-state index in [0.29, 0.717) is 0 Å². The highest BCUT2D eigenvalue weighted by atomic mass is 15.0. The maximum atomic E-state index is 2.55. The Morgan fingerprint density at radius 2 is 0.712 bits per heavy atom. The molecule has 3 heterocycles. The highest BCUT2D eigenvalue weighted by Crippen LogP contribution is 2.49. The van der Waals surface area contributed by atoms with Gasteiger partial charge in [-0.3, -0.25) is 0 Å². The predicted molar refractivity (Wildman–Crippen MR) is 250 cm³/mol. The van der Waals surface area contributed by atoms with E-state index >= 15 is 0 Å². The molecule has 3 nitrogen and oxygen atoms in total. The highest BCUT2D eigenvalue weighted by molar-refractivity contribution is 6.39. The molecular weight excluding hydrogens is 715 g/mol. The summed E-state index contributed by atoms with van der Waals surface area (Å²) in [6, 6.07) is 77.9. The average Bonchev–Trinajstić information content (AvgIpc) is 3.96. The zero-order chi connectivity index (χ0) is 38.6. The summed E-state index contributed by atoms with van der Waals surface area (Å²) in [5, 5.41) is 12.5. The van der Waals surface area contributed by atoms with Crippen LogP contribution in [-0.2, 0) is 0 Å². The first-order valence-electron chi connectivity index (χ1n) is 20.4. The third kappa shape index (κ3) is 4.47. The normalized spacial score (nSPS) is 12.1. The molecule has 13 aromatic rings. The fourth-order valence-electron chi connectivity index (χ4n) is 10.2. The molecule has 0 bridgehead atoms. The van der Waals surface area contributed by atoms with Crippen LogP contribution in [-0.4, -0.2) is 13.7 Å². The first-order valence-corrected chi connectivity index (χ1v) is 20.4. The Balaban J connectivity index is 1.22. The van der Waals surface area contributed by atoms with Gasteiger partial charge in [0, 0.05) is 71.1 Å². The van der Waals surface area contributed by atoms with Crippen LogP contribution >= 0.6 is 0 Å². The van der Waals surface area contributed by atoms with Crippen LogP contribution in [0.4, 0.5) is 0 Å². The second kappa shape index (κ2) is 12.3. The van der Waals surface area contributed by atoms with Gasteiger partial charge in [0.2, 0.25) is 0 Å². The van der Waals surface area contributed by atoms with Crippen LogP contribution in [0.3, 0.4) is 0 Å². The fourth-order valence-corrected chi connectivity index (χ4v) is 10.2. The van der Waals surface area contributed by atoms with Crippen LogP contribution in [0.1, 0.15) is 0 Å². The standard InChI is InChI=1S/C56H35N3/c1-4-17-38(18-5-1)57-49-29-14-12-23-42(49)43-28-16-27-41(53(43)57)37-32-31-36-33-34-47-52-51-46-26-13-15-30-50(46)58(39-19-6-2-7-20-39)55(51)44-24-10-11-25-45(44)56(52)59(54(47)48(36)35-37)40-21-8-3-9-22-40/h1-35H. The topological polar surface area (TPSA) is 14.8 Å². The lowest BCUT2D eigenvalue weighted by Crippen LogP contribution is -1.97. The van der Waals surface area contributed by atoms with Crippen molar-refractivity contribution in [2.45, 2.75) is 0 Å². The van der Waals surface area contributed by atoms with E-state index in [2.05, 4.69) is 226 Å². The molecule has 59 heavy (non-hydrogen) atoms. The molecule has 274 valence electrons. The monoisotopic (exact) mass is 749 g/mol. The second-order valence-electron chi connectivity index (χ2n) is 15.6. The third-order valence-corrected chi connectivity index (χ3v) is 12.6. The van der Waals surface area contributed by atoms with Crippen LogP contribution < -0.4 is 0 Å². The van der Waals surface area contributed by atoms with Gasteiger partial charge in [-0.05, 0) is 65.5 Å². The summed E-state index contributed by atoms with van der Waals surface area (Å²) >= 11 is 0. The van der Waals surface area contributed by atoms with Crippen molar-refractivity contribution in [2.75, 3.05) is 0 Å². The Hall–Kier alpha value is -7.88. The molecule has 0 aliphatic rings. The molecule has 13 rings (SSSR count). The number of para-hydroxylation sites is 6. The molecule has 0 N–H and O–H groups in total. The smallest absolute Gasteiger partial charge is 0.0627 e. The number of hydrogen-bond acceptors (Lipinski definition) is 0. The summed E-state index contributed by atoms with van der Waals surface area (Å²) in [5.41, 5.74) is 13.2. The maximum absolute atomic E-state index is 2.55. The number of rotatable bonds is 4. The van der Waals surface area contributed by atoms with Crippen LogP contribution in [0, 0.1) is 0 Å². The molecule has 3 heteroatoms. The van der Waals surface area contributed by atoms with Gasteiger partial charge in [0.05, 0.1) is 33.1 Å². The van der Waals surface area contributed by atoms with Gasteiger partial charge in [-0.1, -0.05) is 158 Å². The summed E-state index contributed by atoms with van der Waals surface area (Å²) in [7, 11) is 0. The van der Waals surface area contributed by atoms with Crippen LogP contribution in [0.5, 0.6) is 0 Å². The largest absolute Gasteiger partial charge is 0.309 e. The quantitative estimate of drug-likeness (QED) is 0.170. The van der Waals surface area contributed by atoms with Crippen molar-refractivity contribution in [1.82, 2.24) is 13.7 Å². The van der Waals surface area contributed by atoms with E-state index in [4.69, 9.17) is 0 Å². The SMILES string of the molecule is c1ccc(-n2c3ccccc3c3cccc(-c4ccc5ccc6c7c8c9ccccc9n(-c9ccccc9)c8c8ccccc8c7n(-c7ccccc7)c6c5c4)c32)cc1. The molecule has 0 amide bonds. The number of aromatic nitrogens is 3. The third-order valence-electron chi connectivity index (χ3n) is 12.6. The zero-order valence-electron chi connectivity index (χ0n) is 32.0. The minimum absolute atomic E-state index is 1.15. The number of hydrogen-bond donors (Lipinski definition) is 0.